The third-order valence-electron chi connectivity index (χ3n) is 5.43. The van der Waals surface area contributed by atoms with Crippen LogP contribution in [-0.2, 0) is 4.79 Å². The van der Waals surface area contributed by atoms with Crippen LogP contribution in [0.25, 0.3) is 22.2 Å². The number of hydrogen-bond acceptors (Lipinski definition) is 8. The highest BCUT2D eigenvalue weighted by Crippen LogP contribution is 2.38. The Bertz CT molecular complexity index is 1480. The van der Waals surface area contributed by atoms with Gasteiger partial charge in [0.2, 0.25) is 5.91 Å². The Morgan fingerprint density at radius 2 is 2.03 bits per heavy atom. The molecule has 0 saturated heterocycles. The minimum atomic E-state index is -0.525. The molecule has 1 aliphatic rings. The summed E-state index contributed by atoms with van der Waals surface area (Å²) in [6.07, 6.45) is 1.85. The Labute approximate surface area is 202 Å². The number of rotatable bonds is 7. The van der Waals surface area contributed by atoms with E-state index in [0.29, 0.717) is 32.4 Å². The van der Waals surface area contributed by atoms with Gasteiger partial charge in [0.15, 0.2) is 10.3 Å². The molecule has 2 heterocycles. The van der Waals surface area contributed by atoms with E-state index in [1.54, 1.807) is 41.1 Å². The smallest absolute Gasteiger partial charge is 0.270 e. The lowest BCUT2D eigenvalue weighted by molar-refractivity contribution is -0.384. The van der Waals surface area contributed by atoms with Crippen LogP contribution < -0.4 is 10.9 Å². The van der Waals surface area contributed by atoms with Gasteiger partial charge in [-0.15, -0.1) is 11.3 Å². The van der Waals surface area contributed by atoms with Crippen molar-refractivity contribution >= 4 is 50.7 Å². The molecule has 1 N–H and O–H groups in total. The molecule has 4 aromatic rings. The quantitative estimate of drug-likeness (QED) is 0.169. The molecule has 172 valence electrons. The fourth-order valence-corrected chi connectivity index (χ4v) is 5.23. The Morgan fingerprint density at radius 1 is 1.24 bits per heavy atom. The molecular formula is C23H19N5O4S2. The number of aromatic nitrogens is 3. The molecule has 1 atom stereocenters. The van der Waals surface area contributed by atoms with Crippen molar-refractivity contribution < 1.29 is 9.72 Å². The first-order valence-electron chi connectivity index (χ1n) is 10.6. The minimum Gasteiger partial charge on any atom is -0.301 e. The summed E-state index contributed by atoms with van der Waals surface area (Å²) in [5, 5.41) is 16.5. The summed E-state index contributed by atoms with van der Waals surface area (Å²) in [6, 6.07) is 13.5. The molecule has 2 aromatic carbocycles. The molecule has 0 aliphatic heterocycles. The summed E-state index contributed by atoms with van der Waals surface area (Å²) in [5.74, 6) is -0.269. The summed E-state index contributed by atoms with van der Waals surface area (Å²) < 4.78 is 1.71. The van der Waals surface area contributed by atoms with E-state index in [4.69, 9.17) is 0 Å². The van der Waals surface area contributed by atoms with Gasteiger partial charge in [0.1, 0.15) is 0 Å². The van der Waals surface area contributed by atoms with Crippen molar-refractivity contribution in [3.63, 3.8) is 0 Å². The Morgan fingerprint density at radius 3 is 2.79 bits per heavy atom. The number of thiazole rings is 1. The number of nitrogens with zero attached hydrogens (tertiary/aromatic N) is 4. The molecule has 0 spiro atoms. The second-order valence-electron chi connectivity index (χ2n) is 7.91. The van der Waals surface area contributed by atoms with Gasteiger partial charge in [-0.1, -0.05) is 36.0 Å². The molecule has 9 nitrogen and oxygen atoms in total. The first-order valence-corrected chi connectivity index (χ1v) is 12.4. The third kappa shape index (κ3) is 4.44. The Balaban J connectivity index is 1.34. The molecule has 0 radical (unpaired) electrons. The van der Waals surface area contributed by atoms with Crippen LogP contribution in [-0.4, -0.2) is 30.6 Å². The van der Waals surface area contributed by atoms with Crippen LogP contribution in [0, 0.1) is 10.1 Å². The average molecular weight is 494 g/mol. The number of hydrogen-bond donors (Lipinski definition) is 1. The maximum absolute atomic E-state index is 13.0. The number of carbonyl (C=O) groups is 1. The molecule has 2 aromatic heterocycles. The van der Waals surface area contributed by atoms with Crippen LogP contribution in [0.3, 0.4) is 0 Å². The van der Waals surface area contributed by atoms with Gasteiger partial charge in [-0.3, -0.25) is 24.3 Å². The Kier molecular flexibility index (Phi) is 5.88. The monoisotopic (exact) mass is 493 g/mol. The topological polar surface area (TPSA) is 120 Å². The maximum Gasteiger partial charge on any atom is 0.270 e. The third-order valence-corrected chi connectivity index (χ3v) is 7.25. The van der Waals surface area contributed by atoms with E-state index in [-0.39, 0.29) is 23.2 Å². The van der Waals surface area contributed by atoms with E-state index >= 15 is 0 Å². The van der Waals surface area contributed by atoms with Gasteiger partial charge in [0, 0.05) is 29.1 Å². The highest BCUT2D eigenvalue weighted by molar-refractivity contribution is 8.00. The maximum atomic E-state index is 13.0. The molecule has 0 bridgehead atoms. The van der Waals surface area contributed by atoms with Gasteiger partial charge < -0.3 is 5.32 Å². The van der Waals surface area contributed by atoms with Crippen LogP contribution in [0.1, 0.15) is 25.8 Å². The number of para-hydroxylation sites is 1. The molecule has 1 fully saturated rings. The van der Waals surface area contributed by atoms with Gasteiger partial charge in [0.25, 0.3) is 11.2 Å². The number of amides is 1. The first-order chi connectivity index (χ1) is 16.4. The van der Waals surface area contributed by atoms with Crippen molar-refractivity contribution in [3.8, 4) is 11.3 Å². The zero-order valence-corrected chi connectivity index (χ0v) is 19.6. The van der Waals surface area contributed by atoms with Crippen molar-refractivity contribution in [1.29, 1.82) is 0 Å². The number of carbonyl (C=O) groups excluding carboxylic acids is 1. The second-order valence-corrected chi connectivity index (χ2v) is 10.1. The number of anilines is 1. The lowest BCUT2D eigenvalue weighted by atomic mass is 10.1. The summed E-state index contributed by atoms with van der Waals surface area (Å²) in [6.45, 7) is 1.76. The van der Waals surface area contributed by atoms with Gasteiger partial charge in [0.05, 0.1) is 26.8 Å². The van der Waals surface area contributed by atoms with E-state index in [1.807, 2.05) is 12.1 Å². The molecule has 1 amide bonds. The average Bonchev–Trinajstić information content (AvgIpc) is 3.56. The van der Waals surface area contributed by atoms with E-state index in [9.17, 15) is 19.7 Å². The second kappa shape index (κ2) is 8.99. The van der Waals surface area contributed by atoms with Crippen molar-refractivity contribution in [2.75, 3.05) is 5.32 Å². The van der Waals surface area contributed by atoms with E-state index in [0.717, 1.165) is 12.8 Å². The molecule has 11 heteroatoms. The predicted molar refractivity (Wildman–Crippen MR) is 132 cm³/mol. The van der Waals surface area contributed by atoms with Gasteiger partial charge in [-0.05, 0) is 31.9 Å². The van der Waals surface area contributed by atoms with E-state index in [2.05, 4.69) is 15.3 Å². The standard InChI is InChI=1S/C23H19N5O4S2/c1-13(34-23-25-18-8-3-2-7-17(18)21(30)27(23)15-9-10-15)20(29)26-22-24-19(12-33-22)14-5-4-6-16(11-14)28(31)32/h2-8,11-13,15H,9-10H2,1H3,(H,24,26,29). The van der Waals surface area contributed by atoms with Crippen molar-refractivity contribution in [2.45, 2.75) is 36.2 Å². The number of fused-ring (bicyclic) bond motifs is 1. The predicted octanol–water partition coefficient (Wildman–Crippen LogP) is 4.88. The zero-order valence-electron chi connectivity index (χ0n) is 18.0. The van der Waals surface area contributed by atoms with Crippen molar-refractivity contribution in [3.05, 3.63) is 74.4 Å². The van der Waals surface area contributed by atoms with Crippen molar-refractivity contribution in [1.82, 2.24) is 14.5 Å². The summed E-state index contributed by atoms with van der Waals surface area (Å²) in [5.41, 5.74) is 1.65. The molecule has 1 unspecified atom stereocenters. The largest absolute Gasteiger partial charge is 0.301 e. The molecule has 1 saturated carbocycles. The van der Waals surface area contributed by atoms with Crippen LogP contribution in [0.2, 0.25) is 0 Å². The van der Waals surface area contributed by atoms with E-state index in [1.165, 1.54) is 35.2 Å². The van der Waals surface area contributed by atoms with Crippen molar-refractivity contribution in [2.24, 2.45) is 0 Å². The Hall–Kier alpha value is -3.57. The summed E-state index contributed by atoms with van der Waals surface area (Å²) >= 11 is 2.48. The van der Waals surface area contributed by atoms with Crippen LogP contribution in [0.4, 0.5) is 10.8 Å². The number of nitro benzene ring substituents is 1. The number of benzene rings is 2. The van der Waals surface area contributed by atoms with Gasteiger partial charge >= 0.3 is 0 Å². The fraction of sp³-hybridized carbons (Fsp3) is 0.217. The number of nitro groups is 1. The van der Waals surface area contributed by atoms with Crippen LogP contribution in [0.15, 0.2) is 63.9 Å². The van der Waals surface area contributed by atoms with Gasteiger partial charge in [-0.25, -0.2) is 9.97 Å². The zero-order chi connectivity index (χ0) is 23.8. The number of thioether (sulfide) groups is 1. The molecule has 1 aliphatic carbocycles. The lowest BCUT2D eigenvalue weighted by Gasteiger charge is -2.15. The van der Waals surface area contributed by atoms with Crippen LogP contribution in [0.5, 0.6) is 0 Å². The summed E-state index contributed by atoms with van der Waals surface area (Å²) in [7, 11) is 0. The SMILES string of the molecule is CC(Sc1nc2ccccc2c(=O)n1C1CC1)C(=O)Nc1nc(-c2cccc([N+](=O)[O-])c2)cs1. The van der Waals surface area contributed by atoms with E-state index < -0.39 is 10.2 Å². The first kappa shape index (κ1) is 22.2. The van der Waals surface area contributed by atoms with Gasteiger partial charge in [-0.2, -0.15) is 0 Å². The lowest BCUT2D eigenvalue weighted by Crippen LogP contribution is -2.26. The normalized spacial score (nSPS) is 14.1. The fourth-order valence-electron chi connectivity index (χ4n) is 3.52. The minimum absolute atomic E-state index is 0.0225. The highest BCUT2D eigenvalue weighted by atomic mass is 32.2. The van der Waals surface area contributed by atoms with Crippen LogP contribution >= 0.6 is 23.1 Å². The molecular weight excluding hydrogens is 474 g/mol. The number of nitrogens with one attached hydrogen (secondary N) is 1. The molecule has 5 rings (SSSR count). The summed E-state index contributed by atoms with van der Waals surface area (Å²) in [4.78, 5) is 45.6. The highest BCUT2D eigenvalue weighted by Gasteiger charge is 2.30. The number of non-ortho nitro benzene ring substituents is 1. The molecule has 34 heavy (non-hydrogen) atoms.